The SMILES string of the molecule is CC#CC(O)CNCCOCCCc1cn[nH]n1. The number of aromatic nitrogens is 3. The molecule has 0 amide bonds. The number of ether oxygens (including phenoxy) is 1. The molecule has 1 atom stereocenters. The molecule has 6 nitrogen and oxygen atoms in total. The Bertz CT molecular complexity index is 356. The van der Waals surface area contributed by atoms with Crippen molar-refractivity contribution in [1.82, 2.24) is 20.7 Å². The Hall–Kier alpha value is -1.42. The average Bonchev–Trinajstić information content (AvgIpc) is 2.86. The van der Waals surface area contributed by atoms with E-state index in [0.29, 0.717) is 26.3 Å². The molecule has 0 saturated heterocycles. The molecule has 0 spiro atoms. The third-order valence-electron chi connectivity index (χ3n) is 2.26. The molecule has 100 valence electrons. The third kappa shape index (κ3) is 7.01. The molecule has 0 aromatic carbocycles. The first-order valence-corrected chi connectivity index (χ1v) is 6.06. The number of aliphatic hydroxyl groups excluding tert-OH is 1. The maximum Gasteiger partial charge on any atom is 0.127 e. The summed E-state index contributed by atoms with van der Waals surface area (Å²) in [4.78, 5) is 0. The van der Waals surface area contributed by atoms with Gasteiger partial charge in [-0.3, -0.25) is 0 Å². The highest BCUT2D eigenvalue weighted by molar-refractivity contribution is 5.02. The van der Waals surface area contributed by atoms with Gasteiger partial charge in [0.2, 0.25) is 0 Å². The normalized spacial score (nSPS) is 11.9. The number of H-pyrrole nitrogens is 1. The zero-order valence-corrected chi connectivity index (χ0v) is 10.6. The second kappa shape index (κ2) is 9.59. The first-order chi connectivity index (χ1) is 8.83. The van der Waals surface area contributed by atoms with E-state index in [-0.39, 0.29) is 0 Å². The molecule has 6 heteroatoms. The van der Waals surface area contributed by atoms with Crippen molar-refractivity contribution in [3.05, 3.63) is 11.9 Å². The summed E-state index contributed by atoms with van der Waals surface area (Å²) < 4.78 is 5.44. The van der Waals surface area contributed by atoms with Gasteiger partial charge in [0.15, 0.2) is 0 Å². The second-order valence-corrected chi connectivity index (χ2v) is 3.79. The number of aliphatic hydroxyl groups is 1. The molecule has 1 aromatic rings. The number of nitrogens with one attached hydrogen (secondary N) is 2. The predicted molar refractivity (Wildman–Crippen MR) is 67.8 cm³/mol. The van der Waals surface area contributed by atoms with E-state index in [1.165, 1.54) is 0 Å². The Morgan fingerprint density at radius 1 is 1.56 bits per heavy atom. The van der Waals surface area contributed by atoms with Crippen molar-refractivity contribution in [2.45, 2.75) is 25.9 Å². The largest absolute Gasteiger partial charge is 0.380 e. The Kier molecular flexibility index (Phi) is 7.80. The van der Waals surface area contributed by atoms with Crippen LogP contribution in [0, 0.1) is 11.8 Å². The molecule has 0 saturated carbocycles. The van der Waals surface area contributed by atoms with Gasteiger partial charge in [-0.05, 0) is 19.8 Å². The molecule has 1 heterocycles. The summed E-state index contributed by atoms with van der Waals surface area (Å²) >= 11 is 0. The van der Waals surface area contributed by atoms with Gasteiger partial charge in [-0.25, -0.2) is 0 Å². The van der Waals surface area contributed by atoms with Crippen LogP contribution in [0.3, 0.4) is 0 Å². The van der Waals surface area contributed by atoms with Crippen LogP contribution in [0.25, 0.3) is 0 Å². The molecule has 0 aliphatic carbocycles. The minimum absolute atomic E-state index is 0.475. The van der Waals surface area contributed by atoms with Gasteiger partial charge in [0.05, 0.1) is 18.5 Å². The van der Waals surface area contributed by atoms with E-state index in [2.05, 4.69) is 32.6 Å². The van der Waals surface area contributed by atoms with Crippen LogP contribution in [-0.4, -0.2) is 52.9 Å². The van der Waals surface area contributed by atoms with Crippen LogP contribution < -0.4 is 5.32 Å². The molecule has 0 radical (unpaired) electrons. The zero-order valence-electron chi connectivity index (χ0n) is 10.6. The highest BCUT2D eigenvalue weighted by Gasteiger charge is 1.98. The van der Waals surface area contributed by atoms with Crippen LogP contribution in [0.4, 0.5) is 0 Å². The number of rotatable bonds is 9. The fourth-order valence-electron chi connectivity index (χ4n) is 1.40. The standard InChI is InChI=1S/C12H20N4O2/c1-2-4-12(17)10-13-6-8-18-7-3-5-11-9-14-16-15-11/h9,12-13,17H,3,5-8,10H2,1H3,(H,14,15,16). The van der Waals surface area contributed by atoms with Gasteiger partial charge in [0.25, 0.3) is 0 Å². The van der Waals surface area contributed by atoms with Gasteiger partial charge in [0.1, 0.15) is 6.10 Å². The monoisotopic (exact) mass is 252 g/mol. The van der Waals surface area contributed by atoms with Gasteiger partial charge < -0.3 is 15.2 Å². The maximum atomic E-state index is 9.30. The van der Waals surface area contributed by atoms with E-state index < -0.39 is 6.10 Å². The Labute approximate surface area is 107 Å². The molecule has 1 rings (SSSR count). The molecule has 0 bridgehead atoms. The maximum absolute atomic E-state index is 9.30. The Balaban J connectivity index is 1.85. The summed E-state index contributed by atoms with van der Waals surface area (Å²) in [5.41, 5.74) is 0.956. The van der Waals surface area contributed by atoms with Gasteiger partial charge in [-0.15, -0.1) is 5.92 Å². The lowest BCUT2D eigenvalue weighted by molar-refractivity contribution is 0.130. The van der Waals surface area contributed by atoms with Crippen LogP contribution in [0.5, 0.6) is 0 Å². The summed E-state index contributed by atoms with van der Waals surface area (Å²) in [6.45, 7) is 4.23. The fourth-order valence-corrected chi connectivity index (χ4v) is 1.40. The van der Waals surface area contributed by atoms with Gasteiger partial charge in [0, 0.05) is 19.7 Å². The van der Waals surface area contributed by atoms with Gasteiger partial charge in [-0.2, -0.15) is 15.4 Å². The molecule has 3 N–H and O–H groups in total. The lowest BCUT2D eigenvalue weighted by Crippen LogP contribution is -2.28. The van der Waals surface area contributed by atoms with Crippen LogP contribution in [0.15, 0.2) is 6.20 Å². The molecule has 1 aromatic heterocycles. The average molecular weight is 252 g/mol. The number of hydrogen-bond donors (Lipinski definition) is 3. The molecule has 0 fully saturated rings. The van der Waals surface area contributed by atoms with Crippen molar-refractivity contribution in [2.75, 3.05) is 26.3 Å². The quantitative estimate of drug-likeness (QED) is 0.416. The van der Waals surface area contributed by atoms with Crippen LogP contribution >= 0.6 is 0 Å². The van der Waals surface area contributed by atoms with E-state index in [4.69, 9.17) is 4.74 Å². The van der Waals surface area contributed by atoms with E-state index in [1.807, 2.05) is 0 Å². The minimum atomic E-state index is -0.595. The van der Waals surface area contributed by atoms with E-state index >= 15 is 0 Å². The van der Waals surface area contributed by atoms with Crippen molar-refractivity contribution < 1.29 is 9.84 Å². The van der Waals surface area contributed by atoms with E-state index in [9.17, 15) is 5.11 Å². The Morgan fingerprint density at radius 3 is 3.17 bits per heavy atom. The topological polar surface area (TPSA) is 83.1 Å². The number of nitrogens with zero attached hydrogens (tertiary/aromatic N) is 2. The van der Waals surface area contributed by atoms with Crippen molar-refractivity contribution in [3.63, 3.8) is 0 Å². The lowest BCUT2D eigenvalue weighted by atomic mass is 10.3. The molecular weight excluding hydrogens is 232 g/mol. The van der Waals surface area contributed by atoms with Crippen LogP contribution in [0.1, 0.15) is 19.0 Å². The van der Waals surface area contributed by atoms with Crippen molar-refractivity contribution in [1.29, 1.82) is 0 Å². The summed E-state index contributed by atoms with van der Waals surface area (Å²) in [6, 6.07) is 0. The molecular formula is C12H20N4O2. The van der Waals surface area contributed by atoms with Crippen molar-refractivity contribution in [2.24, 2.45) is 0 Å². The smallest absolute Gasteiger partial charge is 0.127 e. The lowest BCUT2D eigenvalue weighted by Gasteiger charge is -2.07. The number of hydrogen-bond acceptors (Lipinski definition) is 5. The summed E-state index contributed by atoms with van der Waals surface area (Å²) in [5.74, 6) is 5.32. The second-order valence-electron chi connectivity index (χ2n) is 3.79. The van der Waals surface area contributed by atoms with Crippen LogP contribution in [0.2, 0.25) is 0 Å². The Morgan fingerprint density at radius 2 is 2.44 bits per heavy atom. The molecule has 0 aliphatic rings. The van der Waals surface area contributed by atoms with E-state index in [1.54, 1.807) is 13.1 Å². The first-order valence-electron chi connectivity index (χ1n) is 6.06. The van der Waals surface area contributed by atoms with Crippen molar-refractivity contribution >= 4 is 0 Å². The summed E-state index contributed by atoms with van der Waals surface area (Å²) in [6.07, 6.45) is 2.92. The van der Waals surface area contributed by atoms with E-state index in [0.717, 1.165) is 18.5 Å². The minimum Gasteiger partial charge on any atom is -0.380 e. The summed E-state index contributed by atoms with van der Waals surface area (Å²) in [5, 5.41) is 22.6. The summed E-state index contributed by atoms with van der Waals surface area (Å²) in [7, 11) is 0. The number of aryl methyl sites for hydroxylation is 1. The number of aromatic amines is 1. The first kappa shape index (κ1) is 14.6. The predicted octanol–water partition coefficient (Wildman–Crippen LogP) is -0.272. The molecule has 0 aliphatic heterocycles. The van der Waals surface area contributed by atoms with Gasteiger partial charge in [-0.1, -0.05) is 5.92 Å². The van der Waals surface area contributed by atoms with Crippen LogP contribution in [-0.2, 0) is 11.2 Å². The zero-order chi connectivity index (χ0) is 13.1. The highest BCUT2D eigenvalue weighted by atomic mass is 16.5. The third-order valence-corrected chi connectivity index (χ3v) is 2.26. The molecule has 18 heavy (non-hydrogen) atoms. The highest BCUT2D eigenvalue weighted by Crippen LogP contribution is 1.95. The molecule has 1 unspecified atom stereocenters. The van der Waals surface area contributed by atoms with Crippen molar-refractivity contribution in [3.8, 4) is 11.8 Å². The van der Waals surface area contributed by atoms with Gasteiger partial charge >= 0.3 is 0 Å². The fraction of sp³-hybridized carbons (Fsp3) is 0.667.